The minimum Gasteiger partial charge on any atom is -0.149 e. The molecule has 0 saturated heterocycles. The average Bonchev–Trinajstić information content (AvgIpc) is 2.39. The minimum absolute atomic E-state index is 1.23. The van der Waals surface area contributed by atoms with Gasteiger partial charge in [-0.05, 0) is 35.3 Å². The van der Waals surface area contributed by atoms with Gasteiger partial charge in [0.25, 0.3) is 0 Å². The molecular formula is C16H17ClSi. The van der Waals surface area contributed by atoms with Gasteiger partial charge in [-0.15, -0.1) is 17.7 Å². The van der Waals surface area contributed by atoms with Crippen molar-refractivity contribution in [3.8, 4) is 0 Å². The number of hydrogen-bond acceptors (Lipinski definition) is 0. The normalized spacial score (nSPS) is 11.3. The Morgan fingerprint density at radius 1 is 0.889 bits per heavy atom. The quantitative estimate of drug-likeness (QED) is 0.594. The standard InChI is InChI=1S/C16H17ClSi/c1-4-18(17,15-11-7-5-9-13(15)2)16-12-8-6-10-14(16)3/h4-12H,1H2,2-3H3. The van der Waals surface area contributed by atoms with Crippen LogP contribution in [0.25, 0.3) is 0 Å². The highest BCUT2D eigenvalue weighted by molar-refractivity contribution is 7.36. The Balaban J connectivity index is 2.67. The van der Waals surface area contributed by atoms with E-state index in [9.17, 15) is 0 Å². The number of hydrogen-bond donors (Lipinski definition) is 0. The third kappa shape index (κ3) is 2.16. The Morgan fingerprint density at radius 3 is 1.61 bits per heavy atom. The van der Waals surface area contributed by atoms with Crippen molar-refractivity contribution in [2.24, 2.45) is 0 Å². The maximum Gasteiger partial charge on any atom is 0.240 e. The van der Waals surface area contributed by atoms with Gasteiger partial charge in [-0.1, -0.05) is 54.2 Å². The Bertz CT molecular complexity index is 529. The van der Waals surface area contributed by atoms with Gasteiger partial charge in [-0.25, -0.2) is 0 Å². The summed E-state index contributed by atoms with van der Waals surface area (Å²) in [7, 11) is -2.33. The molecule has 0 aliphatic carbocycles. The number of rotatable bonds is 3. The van der Waals surface area contributed by atoms with Crippen molar-refractivity contribution >= 4 is 28.8 Å². The zero-order valence-corrected chi connectivity index (χ0v) is 12.5. The van der Waals surface area contributed by atoms with E-state index < -0.39 is 7.38 Å². The molecule has 0 saturated carbocycles. The maximum absolute atomic E-state index is 7.01. The van der Waals surface area contributed by atoms with E-state index in [-0.39, 0.29) is 0 Å². The molecule has 0 atom stereocenters. The Labute approximate surface area is 115 Å². The Morgan fingerprint density at radius 2 is 1.28 bits per heavy atom. The molecule has 2 aromatic carbocycles. The lowest BCUT2D eigenvalue weighted by Gasteiger charge is -2.25. The lowest BCUT2D eigenvalue weighted by atomic mass is 10.2. The van der Waals surface area contributed by atoms with Crippen molar-refractivity contribution in [2.75, 3.05) is 0 Å². The van der Waals surface area contributed by atoms with Gasteiger partial charge >= 0.3 is 0 Å². The molecule has 0 aliphatic heterocycles. The second-order valence-corrected chi connectivity index (χ2v) is 9.24. The fourth-order valence-electron chi connectivity index (χ4n) is 2.33. The van der Waals surface area contributed by atoms with E-state index in [4.69, 9.17) is 11.1 Å². The van der Waals surface area contributed by atoms with E-state index in [1.54, 1.807) is 0 Å². The maximum atomic E-state index is 7.01. The van der Waals surface area contributed by atoms with Crippen molar-refractivity contribution in [3.05, 3.63) is 71.9 Å². The molecule has 2 aromatic rings. The highest BCUT2D eigenvalue weighted by Crippen LogP contribution is 2.15. The number of benzene rings is 2. The van der Waals surface area contributed by atoms with Gasteiger partial charge in [-0.2, -0.15) is 0 Å². The Hall–Kier alpha value is -1.31. The smallest absolute Gasteiger partial charge is 0.149 e. The molecule has 0 unspecified atom stereocenters. The summed E-state index contributed by atoms with van der Waals surface area (Å²) < 4.78 is 0. The van der Waals surface area contributed by atoms with Crippen LogP contribution < -0.4 is 10.4 Å². The van der Waals surface area contributed by atoms with Crippen LogP contribution in [0.4, 0.5) is 0 Å². The summed E-state index contributed by atoms with van der Waals surface area (Å²) in [6.07, 6.45) is 0. The highest BCUT2D eigenvalue weighted by Gasteiger charge is 2.34. The van der Waals surface area contributed by atoms with Crippen LogP contribution in [0.15, 0.2) is 60.8 Å². The topological polar surface area (TPSA) is 0 Å². The van der Waals surface area contributed by atoms with Gasteiger partial charge in [0.2, 0.25) is 7.38 Å². The molecule has 0 bridgehead atoms. The van der Waals surface area contributed by atoms with Crippen molar-refractivity contribution < 1.29 is 0 Å². The number of halogens is 1. The molecule has 0 amide bonds. The van der Waals surface area contributed by atoms with E-state index in [1.807, 2.05) is 30.0 Å². The fraction of sp³-hybridized carbons (Fsp3) is 0.125. The van der Waals surface area contributed by atoms with Crippen LogP contribution in [0.3, 0.4) is 0 Å². The predicted molar refractivity (Wildman–Crippen MR) is 83.4 cm³/mol. The molecule has 0 aliphatic rings. The average molecular weight is 273 g/mol. The van der Waals surface area contributed by atoms with Crippen molar-refractivity contribution in [2.45, 2.75) is 13.8 Å². The monoisotopic (exact) mass is 272 g/mol. The van der Waals surface area contributed by atoms with Gasteiger partial charge in [0.1, 0.15) is 0 Å². The van der Waals surface area contributed by atoms with E-state index in [0.29, 0.717) is 0 Å². The largest absolute Gasteiger partial charge is 0.240 e. The lowest BCUT2D eigenvalue weighted by Crippen LogP contribution is -2.54. The third-order valence-corrected chi connectivity index (χ3v) is 8.29. The molecule has 92 valence electrons. The summed E-state index contributed by atoms with van der Waals surface area (Å²) in [6.45, 7) is 8.22. The van der Waals surface area contributed by atoms with Crippen LogP contribution in [0, 0.1) is 13.8 Å². The first-order chi connectivity index (χ1) is 8.59. The summed E-state index contributed by atoms with van der Waals surface area (Å²) in [5, 5.41) is 2.46. The summed E-state index contributed by atoms with van der Waals surface area (Å²) in [5.74, 6) is 0. The van der Waals surface area contributed by atoms with Crippen LogP contribution in [0.2, 0.25) is 0 Å². The second kappa shape index (κ2) is 5.13. The lowest BCUT2D eigenvalue weighted by molar-refractivity contribution is 1.49. The molecule has 0 heterocycles. The van der Waals surface area contributed by atoms with Crippen molar-refractivity contribution in [1.29, 1.82) is 0 Å². The van der Waals surface area contributed by atoms with Gasteiger partial charge in [0.05, 0.1) is 0 Å². The summed E-state index contributed by atoms with van der Waals surface area (Å²) in [6, 6.07) is 16.7. The van der Waals surface area contributed by atoms with Crippen LogP contribution in [-0.4, -0.2) is 7.38 Å². The van der Waals surface area contributed by atoms with Crippen LogP contribution >= 0.6 is 11.1 Å². The van der Waals surface area contributed by atoms with Gasteiger partial charge in [0.15, 0.2) is 0 Å². The van der Waals surface area contributed by atoms with Gasteiger partial charge < -0.3 is 0 Å². The predicted octanol–water partition coefficient (Wildman–Crippen LogP) is 3.33. The van der Waals surface area contributed by atoms with Crippen LogP contribution in [0.5, 0.6) is 0 Å². The van der Waals surface area contributed by atoms with E-state index in [2.05, 4.69) is 44.7 Å². The first-order valence-corrected chi connectivity index (χ1v) is 9.13. The first-order valence-electron chi connectivity index (χ1n) is 6.04. The van der Waals surface area contributed by atoms with Crippen LogP contribution in [0.1, 0.15) is 11.1 Å². The molecular weight excluding hydrogens is 256 g/mol. The zero-order valence-electron chi connectivity index (χ0n) is 10.8. The van der Waals surface area contributed by atoms with E-state index in [1.165, 1.54) is 21.5 Å². The van der Waals surface area contributed by atoms with Gasteiger partial charge in [0, 0.05) is 0 Å². The first kappa shape index (κ1) is 13.1. The molecule has 0 N–H and O–H groups in total. The second-order valence-electron chi connectivity index (χ2n) is 4.55. The molecule has 0 spiro atoms. The number of aryl methyl sites for hydroxylation is 2. The fourth-order valence-corrected chi connectivity index (χ4v) is 6.32. The molecule has 2 heteroatoms. The SMILES string of the molecule is C=C[Si](Cl)(c1ccccc1C)c1ccccc1C. The highest BCUT2D eigenvalue weighted by atomic mass is 35.6. The van der Waals surface area contributed by atoms with E-state index in [0.717, 1.165) is 0 Å². The molecule has 0 nitrogen and oxygen atoms in total. The van der Waals surface area contributed by atoms with E-state index >= 15 is 0 Å². The summed E-state index contributed by atoms with van der Waals surface area (Å²) >= 11 is 7.01. The summed E-state index contributed by atoms with van der Waals surface area (Å²) in [5.41, 5.74) is 4.43. The zero-order chi connectivity index (χ0) is 13.2. The van der Waals surface area contributed by atoms with Crippen LogP contribution in [-0.2, 0) is 0 Å². The molecule has 0 fully saturated rings. The van der Waals surface area contributed by atoms with Crippen molar-refractivity contribution in [1.82, 2.24) is 0 Å². The third-order valence-electron chi connectivity index (χ3n) is 3.36. The molecule has 2 rings (SSSR count). The van der Waals surface area contributed by atoms with Gasteiger partial charge in [-0.3, -0.25) is 0 Å². The van der Waals surface area contributed by atoms with Crippen molar-refractivity contribution in [3.63, 3.8) is 0 Å². The molecule has 0 radical (unpaired) electrons. The minimum atomic E-state index is -2.33. The molecule has 18 heavy (non-hydrogen) atoms. The molecule has 0 aromatic heterocycles. The summed E-state index contributed by atoms with van der Waals surface area (Å²) in [4.78, 5) is 0. The Kier molecular flexibility index (Phi) is 3.74.